The Morgan fingerprint density at radius 2 is 2.00 bits per heavy atom. The molecule has 1 saturated heterocycles. The van der Waals surface area contributed by atoms with Crippen molar-refractivity contribution in [1.29, 1.82) is 0 Å². The number of ether oxygens (including phenoxy) is 1. The zero-order valence-electron chi connectivity index (χ0n) is 12.9. The van der Waals surface area contributed by atoms with Gasteiger partial charge in [-0.15, -0.1) is 0 Å². The number of nitrogens with zero attached hydrogens (tertiary/aromatic N) is 1. The van der Waals surface area contributed by atoms with Crippen molar-refractivity contribution in [2.24, 2.45) is 0 Å². The van der Waals surface area contributed by atoms with Gasteiger partial charge in [0.1, 0.15) is 5.75 Å². The molecule has 1 aromatic carbocycles. The van der Waals surface area contributed by atoms with Gasteiger partial charge in [-0.05, 0) is 63.5 Å². The first kappa shape index (κ1) is 15.3. The highest BCUT2D eigenvalue weighted by atomic mass is 16.5. The van der Waals surface area contributed by atoms with Crippen molar-refractivity contribution < 1.29 is 4.74 Å². The van der Waals surface area contributed by atoms with Gasteiger partial charge in [-0.25, -0.2) is 0 Å². The molecule has 1 heterocycles. The lowest BCUT2D eigenvalue weighted by atomic mass is 10.0. The molecule has 1 aliphatic rings. The van der Waals surface area contributed by atoms with Gasteiger partial charge in [-0.1, -0.05) is 18.6 Å². The number of hydrogen-bond acceptors (Lipinski definition) is 3. The van der Waals surface area contributed by atoms with Gasteiger partial charge in [0.05, 0.1) is 7.11 Å². The molecular formula is C17H28N2O. The standard InChI is InChI=1S/C17H28N2O/c1-19(14-11-16-5-3-4-12-18-16)13-10-15-6-8-17(20-2)9-7-15/h6-9,16,18H,3-5,10-14H2,1-2H3. The third-order valence-corrected chi connectivity index (χ3v) is 4.21. The Hall–Kier alpha value is -1.06. The summed E-state index contributed by atoms with van der Waals surface area (Å²) in [5.41, 5.74) is 1.38. The first-order chi connectivity index (χ1) is 9.78. The largest absolute Gasteiger partial charge is 0.497 e. The zero-order chi connectivity index (χ0) is 14.2. The molecular weight excluding hydrogens is 248 g/mol. The maximum Gasteiger partial charge on any atom is 0.118 e. The van der Waals surface area contributed by atoms with Crippen LogP contribution in [-0.4, -0.2) is 44.7 Å². The summed E-state index contributed by atoms with van der Waals surface area (Å²) in [5.74, 6) is 0.936. The summed E-state index contributed by atoms with van der Waals surface area (Å²) < 4.78 is 5.18. The molecule has 112 valence electrons. The van der Waals surface area contributed by atoms with Gasteiger partial charge in [0, 0.05) is 12.6 Å². The summed E-state index contributed by atoms with van der Waals surface area (Å²) in [6.45, 7) is 3.52. The predicted molar refractivity (Wildman–Crippen MR) is 84.5 cm³/mol. The van der Waals surface area contributed by atoms with Crippen LogP contribution in [0.3, 0.4) is 0 Å². The number of benzene rings is 1. The maximum absolute atomic E-state index is 5.18. The van der Waals surface area contributed by atoms with Crippen molar-refractivity contribution >= 4 is 0 Å². The quantitative estimate of drug-likeness (QED) is 0.828. The van der Waals surface area contributed by atoms with Crippen molar-refractivity contribution in [2.45, 2.75) is 38.1 Å². The summed E-state index contributed by atoms with van der Waals surface area (Å²) in [5, 5.41) is 3.62. The van der Waals surface area contributed by atoms with Crippen LogP contribution in [0.1, 0.15) is 31.2 Å². The molecule has 3 heteroatoms. The molecule has 1 fully saturated rings. The fourth-order valence-corrected chi connectivity index (χ4v) is 2.77. The third kappa shape index (κ3) is 5.14. The molecule has 0 radical (unpaired) electrons. The summed E-state index contributed by atoms with van der Waals surface area (Å²) in [4.78, 5) is 2.44. The molecule has 1 aromatic rings. The van der Waals surface area contributed by atoms with Gasteiger partial charge < -0.3 is 15.0 Å². The van der Waals surface area contributed by atoms with Gasteiger partial charge >= 0.3 is 0 Å². The van der Waals surface area contributed by atoms with E-state index in [1.165, 1.54) is 44.3 Å². The molecule has 20 heavy (non-hydrogen) atoms. The Bertz CT molecular complexity index is 371. The molecule has 2 rings (SSSR count). The second-order valence-electron chi connectivity index (χ2n) is 5.84. The zero-order valence-corrected chi connectivity index (χ0v) is 12.9. The average molecular weight is 276 g/mol. The Kier molecular flexibility index (Phi) is 6.34. The van der Waals surface area contributed by atoms with E-state index in [0.29, 0.717) is 0 Å². The number of piperidine rings is 1. The molecule has 1 unspecified atom stereocenters. The number of nitrogens with one attached hydrogen (secondary N) is 1. The van der Waals surface area contributed by atoms with Crippen molar-refractivity contribution in [3.63, 3.8) is 0 Å². The molecule has 3 nitrogen and oxygen atoms in total. The molecule has 1 aliphatic heterocycles. The number of rotatable bonds is 7. The molecule has 0 aromatic heterocycles. The fraction of sp³-hybridized carbons (Fsp3) is 0.647. The lowest BCUT2D eigenvalue weighted by Crippen LogP contribution is -2.37. The van der Waals surface area contributed by atoms with E-state index in [1.54, 1.807) is 7.11 Å². The molecule has 1 N–H and O–H groups in total. The highest BCUT2D eigenvalue weighted by Crippen LogP contribution is 2.13. The number of hydrogen-bond donors (Lipinski definition) is 1. The Balaban J connectivity index is 1.64. The minimum absolute atomic E-state index is 0.743. The van der Waals surface area contributed by atoms with E-state index < -0.39 is 0 Å². The van der Waals surface area contributed by atoms with E-state index in [1.807, 2.05) is 12.1 Å². The second kappa shape index (κ2) is 8.28. The van der Waals surface area contributed by atoms with Crippen molar-refractivity contribution in [3.05, 3.63) is 29.8 Å². The average Bonchev–Trinajstić information content (AvgIpc) is 2.52. The van der Waals surface area contributed by atoms with Crippen molar-refractivity contribution in [1.82, 2.24) is 10.2 Å². The molecule has 0 saturated carbocycles. The van der Waals surface area contributed by atoms with Crippen LogP contribution >= 0.6 is 0 Å². The normalized spacial score (nSPS) is 19.2. The van der Waals surface area contributed by atoms with Crippen LogP contribution in [0.2, 0.25) is 0 Å². The van der Waals surface area contributed by atoms with Gasteiger partial charge in [0.15, 0.2) is 0 Å². The van der Waals surface area contributed by atoms with E-state index in [2.05, 4.69) is 29.4 Å². The molecule has 0 aliphatic carbocycles. The summed E-state index contributed by atoms with van der Waals surface area (Å²) in [7, 11) is 3.94. The van der Waals surface area contributed by atoms with Crippen LogP contribution in [-0.2, 0) is 6.42 Å². The second-order valence-corrected chi connectivity index (χ2v) is 5.84. The lowest BCUT2D eigenvalue weighted by molar-refractivity contribution is 0.290. The summed E-state index contributed by atoms with van der Waals surface area (Å²) >= 11 is 0. The van der Waals surface area contributed by atoms with Crippen LogP contribution in [0.25, 0.3) is 0 Å². The van der Waals surface area contributed by atoms with Crippen LogP contribution in [0.5, 0.6) is 5.75 Å². The minimum atomic E-state index is 0.743. The SMILES string of the molecule is COc1ccc(CCN(C)CCC2CCCCN2)cc1. The molecule has 0 bridgehead atoms. The van der Waals surface area contributed by atoms with Crippen LogP contribution < -0.4 is 10.1 Å². The summed E-state index contributed by atoms with van der Waals surface area (Å²) in [6.07, 6.45) is 6.49. The lowest BCUT2D eigenvalue weighted by Gasteiger charge is -2.26. The van der Waals surface area contributed by atoms with E-state index in [4.69, 9.17) is 4.74 Å². The maximum atomic E-state index is 5.18. The Labute approximate surface area is 123 Å². The number of likely N-dealkylation sites (N-methyl/N-ethyl adjacent to an activating group) is 1. The summed E-state index contributed by atoms with van der Waals surface area (Å²) in [6, 6.07) is 9.15. The Morgan fingerprint density at radius 3 is 2.65 bits per heavy atom. The van der Waals surface area contributed by atoms with Gasteiger partial charge in [0.25, 0.3) is 0 Å². The van der Waals surface area contributed by atoms with E-state index in [0.717, 1.165) is 24.8 Å². The highest BCUT2D eigenvalue weighted by Gasteiger charge is 2.12. The highest BCUT2D eigenvalue weighted by molar-refractivity contribution is 5.27. The van der Waals surface area contributed by atoms with Crippen molar-refractivity contribution in [2.75, 3.05) is 33.8 Å². The topological polar surface area (TPSA) is 24.5 Å². The van der Waals surface area contributed by atoms with Crippen molar-refractivity contribution in [3.8, 4) is 5.75 Å². The van der Waals surface area contributed by atoms with Gasteiger partial charge in [-0.2, -0.15) is 0 Å². The van der Waals surface area contributed by atoms with Crippen LogP contribution in [0.15, 0.2) is 24.3 Å². The number of methoxy groups -OCH3 is 1. The smallest absolute Gasteiger partial charge is 0.118 e. The molecule has 1 atom stereocenters. The van der Waals surface area contributed by atoms with E-state index >= 15 is 0 Å². The van der Waals surface area contributed by atoms with E-state index in [-0.39, 0.29) is 0 Å². The molecule has 0 spiro atoms. The Morgan fingerprint density at radius 1 is 1.20 bits per heavy atom. The van der Waals surface area contributed by atoms with Crippen LogP contribution in [0, 0.1) is 0 Å². The molecule has 0 amide bonds. The first-order valence-corrected chi connectivity index (χ1v) is 7.83. The predicted octanol–water partition coefficient (Wildman–Crippen LogP) is 2.70. The van der Waals surface area contributed by atoms with Gasteiger partial charge in [0.2, 0.25) is 0 Å². The third-order valence-electron chi connectivity index (χ3n) is 4.21. The monoisotopic (exact) mass is 276 g/mol. The van der Waals surface area contributed by atoms with Gasteiger partial charge in [-0.3, -0.25) is 0 Å². The first-order valence-electron chi connectivity index (χ1n) is 7.83. The fourth-order valence-electron chi connectivity index (χ4n) is 2.77. The minimum Gasteiger partial charge on any atom is -0.497 e. The van der Waals surface area contributed by atoms with E-state index in [9.17, 15) is 0 Å². The van der Waals surface area contributed by atoms with Crippen LogP contribution in [0.4, 0.5) is 0 Å².